The Morgan fingerprint density at radius 1 is 1.39 bits per heavy atom. The number of piperidine rings is 1. The van der Waals surface area contributed by atoms with Crippen molar-refractivity contribution >= 4 is 18.3 Å². The molecule has 0 aromatic rings. The molecule has 2 aliphatic rings. The zero-order valence-corrected chi connectivity index (χ0v) is 12.7. The van der Waals surface area contributed by atoms with Gasteiger partial charge in [-0.15, -0.1) is 12.4 Å². The smallest absolute Gasteiger partial charge is 0.242 e. The molecule has 3 unspecified atom stereocenters. The van der Waals surface area contributed by atoms with Gasteiger partial charge in [-0.3, -0.25) is 4.79 Å². The lowest BCUT2D eigenvalue weighted by atomic mass is 9.86. The maximum Gasteiger partial charge on any atom is 0.242 e. The van der Waals surface area contributed by atoms with Crippen molar-refractivity contribution in [3.8, 4) is 0 Å². The fraction of sp³-hybridized carbons (Fsp3) is 0.929. The molecule has 0 saturated carbocycles. The number of nitrogens with one attached hydrogen (secondary N) is 1. The van der Waals surface area contributed by atoms with E-state index in [1.807, 2.05) is 0 Å². The van der Waals surface area contributed by atoms with Crippen LogP contribution in [-0.2, 0) is 4.79 Å². The molecule has 0 aromatic carbocycles. The predicted octanol–water partition coefficient (Wildman–Crippen LogP) is 2.44. The number of rotatable bonds is 2. The van der Waals surface area contributed by atoms with E-state index in [9.17, 15) is 4.79 Å². The molecule has 1 N–H and O–H groups in total. The number of likely N-dealkylation sites (tertiary alicyclic amines) is 1. The van der Waals surface area contributed by atoms with E-state index in [1.165, 1.54) is 0 Å². The minimum Gasteiger partial charge on any atom is -0.341 e. The van der Waals surface area contributed by atoms with E-state index < -0.39 is 0 Å². The first-order valence-corrected chi connectivity index (χ1v) is 7.13. The summed E-state index contributed by atoms with van der Waals surface area (Å²) in [5.41, 5.74) is -0.236. The number of nitrogens with zero attached hydrogens (tertiary/aromatic N) is 1. The molecular weight excluding hydrogens is 248 g/mol. The molecule has 18 heavy (non-hydrogen) atoms. The van der Waals surface area contributed by atoms with E-state index in [4.69, 9.17) is 0 Å². The molecule has 0 aromatic heterocycles. The van der Waals surface area contributed by atoms with Gasteiger partial charge in [0.1, 0.15) is 0 Å². The summed E-state index contributed by atoms with van der Waals surface area (Å²) >= 11 is 0. The number of carbonyl (C=O) groups is 1. The van der Waals surface area contributed by atoms with E-state index in [0.29, 0.717) is 11.8 Å². The van der Waals surface area contributed by atoms with Crippen molar-refractivity contribution < 1.29 is 4.79 Å². The molecule has 0 spiro atoms. The Morgan fingerprint density at radius 3 is 2.61 bits per heavy atom. The lowest BCUT2D eigenvalue weighted by Crippen LogP contribution is -2.57. The molecule has 2 heterocycles. The lowest BCUT2D eigenvalue weighted by Gasteiger charge is -2.40. The third-order valence-electron chi connectivity index (χ3n) is 4.88. The molecule has 3 nitrogen and oxygen atoms in total. The van der Waals surface area contributed by atoms with Crippen LogP contribution in [0.1, 0.15) is 46.5 Å². The predicted molar refractivity (Wildman–Crippen MR) is 77.0 cm³/mol. The van der Waals surface area contributed by atoms with Gasteiger partial charge in [-0.2, -0.15) is 0 Å². The first-order valence-electron chi connectivity index (χ1n) is 7.13. The molecule has 2 saturated heterocycles. The van der Waals surface area contributed by atoms with Gasteiger partial charge in [0.25, 0.3) is 0 Å². The van der Waals surface area contributed by atoms with Gasteiger partial charge in [0.2, 0.25) is 5.91 Å². The third kappa shape index (κ3) is 2.83. The van der Waals surface area contributed by atoms with Gasteiger partial charge in [-0.25, -0.2) is 0 Å². The van der Waals surface area contributed by atoms with Crippen LogP contribution in [-0.4, -0.2) is 36.0 Å². The summed E-state index contributed by atoms with van der Waals surface area (Å²) in [4.78, 5) is 14.8. The van der Waals surface area contributed by atoms with E-state index in [2.05, 4.69) is 31.0 Å². The van der Waals surface area contributed by atoms with Crippen LogP contribution in [0.3, 0.4) is 0 Å². The molecule has 0 aliphatic carbocycles. The monoisotopic (exact) mass is 274 g/mol. The largest absolute Gasteiger partial charge is 0.341 e. The zero-order chi connectivity index (χ0) is 12.5. The van der Waals surface area contributed by atoms with Crippen molar-refractivity contribution in [2.75, 3.05) is 19.6 Å². The maximum atomic E-state index is 12.7. The van der Waals surface area contributed by atoms with Crippen molar-refractivity contribution in [2.45, 2.75) is 52.0 Å². The van der Waals surface area contributed by atoms with Crippen LogP contribution in [0.2, 0.25) is 0 Å². The van der Waals surface area contributed by atoms with E-state index in [0.717, 1.165) is 51.2 Å². The first kappa shape index (κ1) is 15.8. The molecule has 2 aliphatic heterocycles. The van der Waals surface area contributed by atoms with Gasteiger partial charge in [-0.1, -0.05) is 20.8 Å². The summed E-state index contributed by atoms with van der Waals surface area (Å²) in [6.45, 7) is 9.60. The SMILES string of the molecule is CCC1(C(=O)N2CCC(C)C(C)C2)CCCN1.Cl. The van der Waals surface area contributed by atoms with Crippen LogP contribution in [0.25, 0.3) is 0 Å². The summed E-state index contributed by atoms with van der Waals surface area (Å²) in [5.74, 6) is 1.76. The number of amides is 1. The van der Waals surface area contributed by atoms with Crippen molar-refractivity contribution in [2.24, 2.45) is 11.8 Å². The van der Waals surface area contributed by atoms with Crippen molar-refractivity contribution in [1.82, 2.24) is 10.2 Å². The Kier molecular flexibility index (Phi) is 5.47. The minimum atomic E-state index is -0.236. The second-order valence-corrected chi connectivity index (χ2v) is 5.96. The summed E-state index contributed by atoms with van der Waals surface area (Å²) in [6, 6.07) is 0. The molecule has 106 valence electrons. The van der Waals surface area contributed by atoms with Gasteiger partial charge >= 0.3 is 0 Å². The average molecular weight is 275 g/mol. The molecule has 4 heteroatoms. The summed E-state index contributed by atoms with van der Waals surface area (Å²) in [7, 11) is 0. The molecule has 0 bridgehead atoms. The topological polar surface area (TPSA) is 32.3 Å². The maximum absolute atomic E-state index is 12.7. The molecule has 0 radical (unpaired) electrons. The minimum absolute atomic E-state index is 0. The van der Waals surface area contributed by atoms with Gasteiger partial charge in [-0.05, 0) is 44.1 Å². The Balaban J connectivity index is 0.00000162. The van der Waals surface area contributed by atoms with Crippen LogP contribution < -0.4 is 5.32 Å². The quantitative estimate of drug-likeness (QED) is 0.839. The Morgan fingerprint density at radius 2 is 2.11 bits per heavy atom. The second kappa shape index (κ2) is 6.25. The number of hydrogen-bond donors (Lipinski definition) is 1. The fourth-order valence-electron chi connectivity index (χ4n) is 3.19. The van der Waals surface area contributed by atoms with Gasteiger partial charge in [0, 0.05) is 13.1 Å². The van der Waals surface area contributed by atoms with Gasteiger partial charge in [0.15, 0.2) is 0 Å². The molecule has 2 rings (SSSR count). The highest BCUT2D eigenvalue weighted by Crippen LogP contribution is 2.29. The van der Waals surface area contributed by atoms with Crippen molar-refractivity contribution in [3.63, 3.8) is 0 Å². The van der Waals surface area contributed by atoms with E-state index >= 15 is 0 Å². The summed E-state index contributed by atoms with van der Waals surface area (Å²) in [5, 5.41) is 3.45. The number of carbonyl (C=O) groups excluding carboxylic acids is 1. The number of halogens is 1. The highest BCUT2D eigenvalue weighted by atomic mass is 35.5. The van der Waals surface area contributed by atoms with Crippen LogP contribution in [0, 0.1) is 11.8 Å². The molecule has 3 atom stereocenters. The zero-order valence-electron chi connectivity index (χ0n) is 11.9. The fourth-order valence-corrected chi connectivity index (χ4v) is 3.19. The van der Waals surface area contributed by atoms with Crippen LogP contribution in [0.4, 0.5) is 0 Å². The lowest BCUT2D eigenvalue weighted by molar-refractivity contribution is -0.140. The van der Waals surface area contributed by atoms with Crippen LogP contribution in [0.5, 0.6) is 0 Å². The molecular formula is C14H27ClN2O. The normalized spacial score (nSPS) is 36.3. The van der Waals surface area contributed by atoms with E-state index in [-0.39, 0.29) is 17.9 Å². The second-order valence-electron chi connectivity index (χ2n) is 5.96. The highest BCUT2D eigenvalue weighted by molar-refractivity contribution is 5.86. The Labute approximate surface area is 117 Å². The summed E-state index contributed by atoms with van der Waals surface area (Å²) < 4.78 is 0. The van der Waals surface area contributed by atoms with Crippen molar-refractivity contribution in [1.29, 1.82) is 0 Å². The van der Waals surface area contributed by atoms with Gasteiger partial charge < -0.3 is 10.2 Å². The van der Waals surface area contributed by atoms with E-state index in [1.54, 1.807) is 0 Å². The standard InChI is InChI=1S/C14H26N2O.ClH/c1-4-14(7-5-8-15-14)13(17)16-9-6-11(2)12(3)10-16;/h11-12,15H,4-10H2,1-3H3;1H. The van der Waals surface area contributed by atoms with Crippen LogP contribution >= 0.6 is 12.4 Å². The Bertz CT molecular complexity index is 290. The first-order chi connectivity index (χ1) is 8.09. The van der Waals surface area contributed by atoms with Crippen molar-refractivity contribution in [3.05, 3.63) is 0 Å². The summed E-state index contributed by atoms with van der Waals surface area (Å²) in [6.07, 6.45) is 4.24. The highest BCUT2D eigenvalue weighted by Gasteiger charge is 2.42. The average Bonchev–Trinajstić information content (AvgIpc) is 2.81. The third-order valence-corrected chi connectivity index (χ3v) is 4.88. The molecule has 1 amide bonds. The van der Waals surface area contributed by atoms with Crippen LogP contribution in [0.15, 0.2) is 0 Å². The Hall–Kier alpha value is -0.280. The number of hydrogen-bond acceptors (Lipinski definition) is 2. The van der Waals surface area contributed by atoms with Gasteiger partial charge in [0.05, 0.1) is 5.54 Å². The molecule has 2 fully saturated rings.